The zero-order valence-corrected chi connectivity index (χ0v) is 19.2. The molecule has 2 aromatic heterocycles. The summed E-state index contributed by atoms with van der Waals surface area (Å²) < 4.78 is 3.13. The van der Waals surface area contributed by atoms with Gasteiger partial charge in [0.05, 0.1) is 28.0 Å². The topological polar surface area (TPSA) is 75.9 Å². The van der Waals surface area contributed by atoms with E-state index in [-0.39, 0.29) is 36.8 Å². The van der Waals surface area contributed by atoms with Crippen LogP contribution in [0.25, 0.3) is 10.2 Å². The average molecular weight is 469 g/mol. The van der Waals surface area contributed by atoms with Crippen molar-refractivity contribution in [1.29, 1.82) is 0 Å². The number of para-hydroxylation sites is 1. The molecule has 1 amide bonds. The zero-order chi connectivity index (χ0) is 19.1. The van der Waals surface area contributed by atoms with Gasteiger partial charge in [-0.1, -0.05) is 17.3 Å². The molecule has 1 aromatic carbocycles. The number of hydrogen-bond donors (Lipinski definition) is 1. The van der Waals surface area contributed by atoms with E-state index in [1.807, 2.05) is 34.7 Å². The predicted octanol–water partition coefficient (Wildman–Crippen LogP) is 3.94. The summed E-state index contributed by atoms with van der Waals surface area (Å²) in [5.41, 5.74) is 2.38. The van der Waals surface area contributed by atoms with Gasteiger partial charge in [-0.2, -0.15) is 0 Å². The Morgan fingerprint density at radius 1 is 1.17 bits per heavy atom. The minimum absolute atomic E-state index is 0. The molecule has 1 atom stereocenters. The van der Waals surface area contributed by atoms with Crippen LogP contribution in [-0.2, 0) is 0 Å². The standard InChI is InChI=1S/C20H24N6OS.2ClH/c1-13-18(23-24-26(13)14-8-10-21-11-9-14)20(27)25-12-4-6-16(25)19-22-15-5-2-3-7-17(15)28-19;;/h2-3,5,7,14,16,21H,4,6,8-12H2,1H3;2*1H. The summed E-state index contributed by atoms with van der Waals surface area (Å²) in [6.45, 7) is 4.69. The molecule has 10 heteroatoms. The normalized spacial score (nSPS) is 19.5. The average Bonchev–Trinajstić information content (AvgIpc) is 3.45. The maximum absolute atomic E-state index is 13.3. The lowest BCUT2D eigenvalue weighted by molar-refractivity contribution is 0.0728. The van der Waals surface area contributed by atoms with Gasteiger partial charge in [-0.05, 0) is 57.8 Å². The van der Waals surface area contributed by atoms with Crippen LogP contribution < -0.4 is 5.32 Å². The van der Waals surface area contributed by atoms with Gasteiger partial charge in [0.15, 0.2) is 5.69 Å². The number of hydrogen-bond acceptors (Lipinski definition) is 6. The van der Waals surface area contributed by atoms with Crippen molar-refractivity contribution < 1.29 is 4.79 Å². The SMILES string of the molecule is Cc1c(C(=O)N2CCCC2c2nc3ccccc3s2)nnn1C1CCNCC1.Cl.Cl. The van der Waals surface area contributed by atoms with Crippen molar-refractivity contribution in [2.24, 2.45) is 0 Å². The fraction of sp³-hybridized carbons (Fsp3) is 0.500. The van der Waals surface area contributed by atoms with E-state index in [0.29, 0.717) is 11.7 Å². The molecule has 30 heavy (non-hydrogen) atoms. The van der Waals surface area contributed by atoms with E-state index < -0.39 is 0 Å². The third-order valence-electron chi connectivity index (χ3n) is 5.89. The molecule has 2 saturated heterocycles. The molecule has 5 rings (SSSR count). The van der Waals surface area contributed by atoms with Gasteiger partial charge in [-0.3, -0.25) is 4.79 Å². The van der Waals surface area contributed by atoms with Crippen LogP contribution in [0, 0.1) is 6.92 Å². The molecular formula is C20H26Cl2N6OS. The lowest BCUT2D eigenvalue weighted by atomic mass is 10.1. The second kappa shape index (κ2) is 9.60. The second-order valence-electron chi connectivity index (χ2n) is 7.63. The van der Waals surface area contributed by atoms with E-state index in [2.05, 4.69) is 21.7 Å². The first-order valence-electron chi connectivity index (χ1n) is 10.0. The minimum atomic E-state index is -0.0144. The number of amides is 1. The number of carbonyl (C=O) groups excluding carboxylic acids is 1. The first-order valence-corrected chi connectivity index (χ1v) is 10.8. The number of nitrogens with zero attached hydrogens (tertiary/aromatic N) is 5. The predicted molar refractivity (Wildman–Crippen MR) is 123 cm³/mol. The van der Waals surface area contributed by atoms with Crippen molar-refractivity contribution in [1.82, 2.24) is 30.2 Å². The van der Waals surface area contributed by atoms with Crippen LogP contribution in [0.2, 0.25) is 0 Å². The third kappa shape index (κ3) is 4.06. The first kappa shape index (κ1) is 22.9. The number of benzene rings is 1. The molecule has 0 radical (unpaired) electrons. The van der Waals surface area contributed by atoms with Crippen molar-refractivity contribution in [2.75, 3.05) is 19.6 Å². The van der Waals surface area contributed by atoms with E-state index in [4.69, 9.17) is 4.98 Å². The number of carbonyl (C=O) groups is 1. The summed E-state index contributed by atoms with van der Waals surface area (Å²) in [4.78, 5) is 20.1. The van der Waals surface area contributed by atoms with Crippen LogP contribution in [-0.4, -0.2) is 50.4 Å². The fourth-order valence-corrected chi connectivity index (χ4v) is 5.49. The maximum Gasteiger partial charge on any atom is 0.276 e. The van der Waals surface area contributed by atoms with Gasteiger partial charge >= 0.3 is 0 Å². The molecular weight excluding hydrogens is 443 g/mol. The van der Waals surface area contributed by atoms with Gasteiger partial charge in [0.1, 0.15) is 5.01 Å². The number of fused-ring (bicyclic) bond motifs is 1. The first-order chi connectivity index (χ1) is 13.7. The Morgan fingerprint density at radius 3 is 2.70 bits per heavy atom. The Morgan fingerprint density at radius 2 is 1.93 bits per heavy atom. The zero-order valence-electron chi connectivity index (χ0n) is 16.8. The lowest BCUT2D eigenvalue weighted by Crippen LogP contribution is -2.32. The molecule has 2 aliphatic rings. The van der Waals surface area contributed by atoms with Gasteiger partial charge in [0.2, 0.25) is 0 Å². The summed E-state index contributed by atoms with van der Waals surface area (Å²) in [6, 6.07) is 8.52. The van der Waals surface area contributed by atoms with Crippen molar-refractivity contribution in [3.63, 3.8) is 0 Å². The Balaban J connectivity index is 0.00000128. The molecule has 3 aromatic rings. The van der Waals surface area contributed by atoms with Gasteiger partial charge < -0.3 is 10.2 Å². The summed E-state index contributed by atoms with van der Waals surface area (Å²) in [5.74, 6) is -0.0144. The molecule has 2 fully saturated rings. The molecule has 1 unspecified atom stereocenters. The number of piperidine rings is 1. The molecule has 4 heterocycles. The highest BCUT2D eigenvalue weighted by Crippen LogP contribution is 2.37. The molecule has 1 N–H and O–H groups in total. The Kier molecular flexibility index (Phi) is 7.34. The van der Waals surface area contributed by atoms with Gasteiger partial charge in [0, 0.05) is 6.54 Å². The number of halogens is 2. The highest BCUT2D eigenvalue weighted by molar-refractivity contribution is 7.18. The van der Waals surface area contributed by atoms with Gasteiger partial charge in [-0.25, -0.2) is 9.67 Å². The van der Waals surface area contributed by atoms with Crippen LogP contribution in [0.15, 0.2) is 24.3 Å². The van der Waals surface area contributed by atoms with Crippen molar-refractivity contribution in [2.45, 2.75) is 44.7 Å². The van der Waals surface area contributed by atoms with E-state index in [1.165, 1.54) is 4.70 Å². The van der Waals surface area contributed by atoms with Crippen LogP contribution >= 0.6 is 36.2 Å². The number of likely N-dealkylation sites (tertiary alicyclic amines) is 1. The highest BCUT2D eigenvalue weighted by atomic mass is 35.5. The number of rotatable bonds is 3. The van der Waals surface area contributed by atoms with Crippen molar-refractivity contribution >= 4 is 52.3 Å². The second-order valence-corrected chi connectivity index (χ2v) is 8.69. The van der Waals surface area contributed by atoms with E-state index in [1.54, 1.807) is 11.3 Å². The van der Waals surface area contributed by atoms with E-state index in [9.17, 15) is 4.79 Å². The number of thiazole rings is 1. The summed E-state index contributed by atoms with van der Waals surface area (Å²) >= 11 is 1.69. The van der Waals surface area contributed by atoms with Crippen LogP contribution in [0.5, 0.6) is 0 Å². The van der Waals surface area contributed by atoms with E-state index in [0.717, 1.165) is 61.5 Å². The fourth-order valence-electron chi connectivity index (χ4n) is 4.37. The number of nitrogens with one attached hydrogen (secondary N) is 1. The molecule has 0 bridgehead atoms. The largest absolute Gasteiger partial charge is 0.328 e. The Bertz CT molecular complexity index is 983. The summed E-state index contributed by atoms with van der Waals surface area (Å²) in [6.07, 6.45) is 3.99. The quantitative estimate of drug-likeness (QED) is 0.629. The molecule has 7 nitrogen and oxygen atoms in total. The lowest BCUT2D eigenvalue weighted by Gasteiger charge is -2.24. The Labute approximate surface area is 192 Å². The summed E-state index contributed by atoms with van der Waals surface area (Å²) in [7, 11) is 0. The maximum atomic E-state index is 13.3. The molecule has 162 valence electrons. The van der Waals surface area contributed by atoms with Crippen molar-refractivity contribution in [3.8, 4) is 0 Å². The molecule has 0 spiro atoms. The highest BCUT2D eigenvalue weighted by Gasteiger charge is 2.35. The van der Waals surface area contributed by atoms with Crippen molar-refractivity contribution in [3.05, 3.63) is 40.7 Å². The monoisotopic (exact) mass is 468 g/mol. The smallest absolute Gasteiger partial charge is 0.276 e. The van der Waals surface area contributed by atoms with Gasteiger partial charge in [0.25, 0.3) is 5.91 Å². The minimum Gasteiger partial charge on any atom is -0.328 e. The van der Waals surface area contributed by atoms with E-state index >= 15 is 0 Å². The third-order valence-corrected chi connectivity index (χ3v) is 7.03. The summed E-state index contributed by atoms with van der Waals surface area (Å²) in [5, 5.41) is 13.0. The van der Waals surface area contributed by atoms with Crippen LogP contribution in [0.1, 0.15) is 59.0 Å². The molecule has 0 saturated carbocycles. The van der Waals surface area contributed by atoms with Crippen LogP contribution in [0.3, 0.4) is 0 Å². The molecule has 2 aliphatic heterocycles. The van der Waals surface area contributed by atoms with Crippen LogP contribution in [0.4, 0.5) is 0 Å². The Hall–Kier alpha value is -1.74. The van der Waals surface area contributed by atoms with Gasteiger partial charge in [-0.15, -0.1) is 41.2 Å². The number of aromatic nitrogens is 4. The molecule has 0 aliphatic carbocycles.